The van der Waals surface area contributed by atoms with Crippen molar-refractivity contribution in [2.24, 2.45) is 0 Å². The maximum Gasteiger partial charge on any atom is 1.00 e. The van der Waals surface area contributed by atoms with Gasteiger partial charge in [-0.1, -0.05) is 96.8 Å². The third-order valence-electron chi connectivity index (χ3n) is 3.98. The molecule has 0 aromatic carbocycles. The molecule has 0 aliphatic carbocycles. The maximum absolute atomic E-state index is 10.2. The Labute approximate surface area is 170 Å². The molecule has 0 atom stereocenters. The van der Waals surface area contributed by atoms with E-state index in [9.17, 15) is 9.90 Å². The van der Waals surface area contributed by atoms with E-state index in [2.05, 4.69) is 6.92 Å². The second-order valence-corrected chi connectivity index (χ2v) is 6.42. The molecule has 3 N–H and O–H groups in total. The normalized spacial score (nSPS) is 9.76. The SMILES string of the molecule is CCCCCCCCCCCCCCCCCC(=O)[O-].OB(O)O.[Ag+]. The quantitative estimate of drug-likeness (QED) is 0.247. The van der Waals surface area contributed by atoms with Crippen LogP contribution in [0.3, 0.4) is 0 Å². The van der Waals surface area contributed by atoms with Gasteiger partial charge in [-0.25, -0.2) is 0 Å². The van der Waals surface area contributed by atoms with Crippen molar-refractivity contribution in [3.05, 3.63) is 0 Å². The van der Waals surface area contributed by atoms with Crippen LogP contribution in [-0.4, -0.2) is 28.4 Å². The fourth-order valence-electron chi connectivity index (χ4n) is 2.64. The van der Waals surface area contributed by atoms with Gasteiger partial charge in [-0.3, -0.25) is 0 Å². The minimum absolute atomic E-state index is 0. The van der Waals surface area contributed by atoms with Crippen LogP contribution in [0.15, 0.2) is 0 Å². The Morgan fingerprint density at radius 3 is 1.16 bits per heavy atom. The number of unbranched alkanes of at least 4 members (excludes halogenated alkanes) is 14. The average molecular weight is 453 g/mol. The molecule has 0 fully saturated rings. The van der Waals surface area contributed by atoms with E-state index in [-0.39, 0.29) is 28.8 Å². The predicted molar refractivity (Wildman–Crippen MR) is 97.0 cm³/mol. The van der Waals surface area contributed by atoms with E-state index in [1.54, 1.807) is 0 Å². The first-order chi connectivity index (χ1) is 11.5. The molecule has 5 nitrogen and oxygen atoms in total. The first-order valence-electron chi connectivity index (χ1n) is 9.74. The second kappa shape index (κ2) is 26.4. The van der Waals surface area contributed by atoms with Crippen molar-refractivity contribution in [1.29, 1.82) is 0 Å². The summed E-state index contributed by atoms with van der Waals surface area (Å²) in [7, 11) is -2.17. The zero-order valence-corrected chi connectivity index (χ0v) is 17.3. The summed E-state index contributed by atoms with van der Waals surface area (Å²) in [5.41, 5.74) is 0. The summed E-state index contributed by atoms with van der Waals surface area (Å²) in [5.74, 6) is -0.903. The first kappa shape index (κ1) is 29.9. The minimum atomic E-state index is -2.17. The fraction of sp³-hybridized carbons (Fsp3) is 0.944. The summed E-state index contributed by atoms with van der Waals surface area (Å²) in [6.07, 6.45) is 19.9. The van der Waals surface area contributed by atoms with Gasteiger partial charge in [0.05, 0.1) is 0 Å². The molecule has 0 aliphatic rings. The van der Waals surface area contributed by atoms with E-state index in [1.807, 2.05) is 0 Å². The van der Waals surface area contributed by atoms with Crippen LogP contribution >= 0.6 is 0 Å². The zero-order valence-electron chi connectivity index (χ0n) is 15.9. The predicted octanol–water partition coefficient (Wildman–Crippen LogP) is 2.94. The van der Waals surface area contributed by atoms with Crippen molar-refractivity contribution in [2.45, 2.75) is 110 Å². The molecule has 154 valence electrons. The van der Waals surface area contributed by atoms with Gasteiger partial charge in [-0.2, -0.15) is 0 Å². The molecule has 0 unspecified atom stereocenters. The second-order valence-electron chi connectivity index (χ2n) is 6.42. The van der Waals surface area contributed by atoms with Gasteiger partial charge in [-0.15, -0.1) is 0 Å². The van der Waals surface area contributed by atoms with Gasteiger partial charge < -0.3 is 25.0 Å². The molecule has 7 heteroatoms. The van der Waals surface area contributed by atoms with Crippen LogP contribution in [0.4, 0.5) is 0 Å². The number of carbonyl (C=O) groups excluding carboxylic acids is 1. The molecule has 0 aromatic rings. The Kier molecular flexibility index (Phi) is 31.6. The van der Waals surface area contributed by atoms with E-state index in [4.69, 9.17) is 15.1 Å². The first-order valence-corrected chi connectivity index (χ1v) is 9.74. The molecule has 0 saturated carbocycles. The standard InChI is InChI=1S/C18H36O2.Ag.BH3O3/c1-2-3-4-5-6-7-8-9-10-11-12-13-14-15-16-17-18(19)20;;2-1(3)4/h2-17H2,1H3,(H,19,20);;2-4H/q;+1;/p-1. The van der Waals surface area contributed by atoms with Gasteiger partial charge in [0.2, 0.25) is 0 Å². The molecule has 0 saturated heterocycles. The largest absolute Gasteiger partial charge is 1.00 e. The van der Waals surface area contributed by atoms with Crippen molar-refractivity contribution in [3.63, 3.8) is 0 Å². The van der Waals surface area contributed by atoms with Crippen LogP contribution in [0.25, 0.3) is 0 Å². The van der Waals surface area contributed by atoms with Gasteiger partial charge in [0.15, 0.2) is 0 Å². The minimum Gasteiger partial charge on any atom is -0.550 e. The molecule has 0 heterocycles. The molecule has 0 bridgehead atoms. The Morgan fingerprint density at radius 2 is 0.920 bits per heavy atom. The molecule has 0 amide bonds. The molecule has 0 aliphatic heterocycles. The van der Waals surface area contributed by atoms with E-state index >= 15 is 0 Å². The smallest absolute Gasteiger partial charge is 0.550 e. The Bertz CT molecular complexity index is 253. The number of carbonyl (C=O) groups is 1. The van der Waals surface area contributed by atoms with E-state index in [1.165, 1.54) is 83.5 Å². The van der Waals surface area contributed by atoms with Crippen LogP contribution in [0.1, 0.15) is 110 Å². The van der Waals surface area contributed by atoms with Gasteiger partial charge in [0.1, 0.15) is 0 Å². The van der Waals surface area contributed by atoms with Gasteiger partial charge in [-0.05, 0) is 12.8 Å². The monoisotopic (exact) mass is 452 g/mol. The molecule has 25 heavy (non-hydrogen) atoms. The van der Waals surface area contributed by atoms with Crippen LogP contribution < -0.4 is 5.11 Å². The Morgan fingerprint density at radius 1 is 0.680 bits per heavy atom. The topological polar surface area (TPSA) is 101 Å². The van der Waals surface area contributed by atoms with Gasteiger partial charge in [0.25, 0.3) is 0 Å². The van der Waals surface area contributed by atoms with Crippen molar-refractivity contribution < 1.29 is 47.4 Å². The average Bonchev–Trinajstić information content (AvgIpc) is 2.50. The number of carboxylic acid groups (broad SMARTS) is 1. The molecular weight excluding hydrogens is 415 g/mol. The van der Waals surface area contributed by atoms with Gasteiger partial charge >= 0.3 is 29.7 Å². The van der Waals surface area contributed by atoms with Gasteiger partial charge in [0, 0.05) is 5.97 Å². The Hall–Kier alpha value is 0.155. The molecule has 0 rings (SSSR count). The van der Waals surface area contributed by atoms with Crippen LogP contribution in [0, 0.1) is 0 Å². The van der Waals surface area contributed by atoms with Crippen LogP contribution in [0.5, 0.6) is 0 Å². The number of hydrogen-bond donors (Lipinski definition) is 3. The fourth-order valence-corrected chi connectivity index (χ4v) is 2.64. The van der Waals surface area contributed by atoms with Crippen molar-refractivity contribution in [2.75, 3.05) is 0 Å². The third-order valence-corrected chi connectivity index (χ3v) is 3.98. The zero-order chi connectivity index (χ0) is 18.5. The number of carboxylic acids is 1. The maximum atomic E-state index is 10.2. The number of rotatable bonds is 16. The summed E-state index contributed by atoms with van der Waals surface area (Å²) in [6, 6.07) is 0. The molecule has 0 spiro atoms. The molecule has 0 aromatic heterocycles. The number of aliphatic carboxylic acids is 1. The van der Waals surface area contributed by atoms with E-state index < -0.39 is 13.3 Å². The summed E-state index contributed by atoms with van der Waals surface area (Å²) < 4.78 is 0. The van der Waals surface area contributed by atoms with E-state index in [0.29, 0.717) is 0 Å². The van der Waals surface area contributed by atoms with Crippen LogP contribution in [0.2, 0.25) is 0 Å². The summed E-state index contributed by atoms with van der Waals surface area (Å²) in [6.45, 7) is 2.27. The number of hydrogen-bond acceptors (Lipinski definition) is 5. The summed E-state index contributed by atoms with van der Waals surface area (Å²) in [4.78, 5) is 10.2. The summed E-state index contributed by atoms with van der Waals surface area (Å²) in [5, 5.41) is 31.7. The van der Waals surface area contributed by atoms with Crippen molar-refractivity contribution in [1.82, 2.24) is 0 Å². The van der Waals surface area contributed by atoms with Crippen molar-refractivity contribution in [3.8, 4) is 0 Å². The molecule has 0 radical (unpaired) electrons. The van der Waals surface area contributed by atoms with Crippen LogP contribution in [-0.2, 0) is 27.2 Å². The summed E-state index contributed by atoms with van der Waals surface area (Å²) >= 11 is 0. The Balaban J connectivity index is -0.000000867. The molecular formula is C18H38AgBO5. The van der Waals surface area contributed by atoms with E-state index in [0.717, 1.165) is 12.8 Å². The third kappa shape index (κ3) is 40.3. The van der Waals surface area contributed by atoms with Crippen molar-refractivity contribution >= 4 is 13.3 Å².